The number of anilines is 1. The molecule has 1 aromatic heterocycles. The highest BCUT2D eigenvalue weighted by atomic mass is 19.4. The second-order valence-corrected chi connectivity index (χ2v) is 4.15. The van der Waals surface area contributed by atoms with Crippen LogP contribution in [0, 0.1) is 11.8 Å². The molecule has 102 valence electrons. The number of rotatable bonds is 1. The molecule has 2 N–H and O–H groups in total. The fraction of sp³-hybridized carbons (Fsp3) is 0.133. The van der Waals surface area contributed by atoms with Gasteiger partial charge in [-0.25, -0.2) is 4.98 Å². The van der Waals surface area contributed by atoms with Crippen molar-refractivity contribution in [1.29, 1.82) is 0 Å². The molecular weight excluding hydrogens is 265 g/mol. The van der Waals surface area contributed by atoms with Gasteiger partial charge in [-0.1, -0.05) is 24.6 Å². The van der Waals surface area contributed by atoms with Crippen LogP contribution in [0.4, 0.5) is 18.9 Å². The number of nitrogens with two attached hydrogens (primary N) is 1. The van der Waals surface area contributed by atoms with Crippen molar-refractivity contribution < 1.29 is 13.2 Å². The zero-order valence-corrected chi connectivity index (χ0v) is 10.7. The standard InChI is InChI=1S/C15H11F3N2/c1-3-5-10-8-12-11(6-4-7-13(12)19)14(20-10)9(2)15(16,17)18/h4,6-8H,2,19H2,1H3. The van der Waals surface area contributed by atoms with Crippen LogP contribution < -0.4 is 5.73 Å². The summed E-state index contributed by atoms with van der Waals surface area (Å²) in [6, 6.07) is 6.31. The van der Waals surface area contributed by atoms with E-state index in [9.17, 15) is 13.2 Å². The van der Waals surface area contributed by atoms with E-state index in [-0.39, 0.29) is 11.4 Å². The van der Waals surface area contributed by atoms with Crippen LogP contribution in [0.2, 0.25) is 0 Å². The van der Waals surface area contributed by atoms with Crippen molar-refractivity contribution in [1.82, 2.24) is 4.98 Å². The molecular formula is C15H11F3N2. The number of benzene rings is 1. The third-order valence-corrected chi connectivity index (χ3v) is 2.79. The van der Waals surface area contributed by atoms with E-state index in [1.807, 2.05) is 0 Å². The Labute approximate surface area is 114 Å². The first-order chi connectivity index (χ1) is 9.34. The van der Waals surface area contributed by atoms with Gasteiger partial charge >= 0.3 is 6.18 Å². The molecule has 1 aromatic carbocycles. The van der Waals surface area contributed by atoms with E-state index in [0.717, 1.165) is 0 Å². The van der Waals surface area contributed by atoms with Gasteiger partial charge in [-0.15, -0.1) is 0 Å². The maximum absolute atomic E-state index is 12.9. The van der Waals surface area contributed by atoms with Gasteiger partial charge in [-0.2, -0.15) is 13.2 Å². The Bertz CT molecular complexity index is 749. The molecule has 2 nitrogen and oxygen atoms in total. The molecule has 0 atom stereocenters. The smallest absolute Gasteiger partial charge is 0.398 e. The Hall–Kier alpha value is -2.48. The largest absolute Gasteiger partial charge is 0.417 e. The van der Waals surface area contributed by atoms with E-state index in [1.54, 1.807) is 25.1 Å². The second-order valence-electron chi connectivity index (χ2n) is 4.15. The van der Waals surface area contributed by atoms with E-state index in [4.69, 9.17) is 5.73 Å². The molecule has 0 radical (unpaired) electrons. The Morgan fingerprint density at radius 3 is 2.60 bits per heavy atom. The summed E-state index contributed by atoms with van der Waals surface area (Å²) in [5.74, 6) is 5.26. The predicted molar refractivity (Wildman–Crippen MR) is 73.8 cm³/mol. The number of fused-ring (bicyclic) bond motifs is 1. The molecule has 0 saturated heterocycles. The Kier molecular flexibility index (Phi) is 3.41. The fourth-order valence-corrected chi connectivity index (χ4v) is 1.86. The number of halogens is 3. The zero-order chi connectivity index (χ0) is 14.9. The first-order valence-corrected chi connectivity index (χ1v) is 5.73. The van der Waals surface area contributed by atoms with Gasteiger partial charge in [-0.05, 0) is 25.0 Å². The molecule has 2 rings (SSSR count). The van der Waals surface area contributed by atoms with Crippen LogP contribution in [0.1, 0.15) is 18.3 Å². The maximum Gasteiger partial charge on any atom is 0.417 e. The van der Waals surface area contributed by atoms with Crippen LogP contribution in [0.25, 0.3) is 16.3 Å². The van der Waals surface area contributed by atoms with Crippen molar-refractivity contribution in [3.05, 3.63) is 42.2 Å². The minimum atomic E-state index is -4.55. The molecule has 5 heteroatoms. The van der Waals surface area contributed by atoms with E-state index >= 15 is 0 Å². The molecule has 0 bridgehead atoms. The number of allylic oxidation sites excluding steroid dienone is 1. The number of pyridine rings is 1. The molecule has 0 unspecified atom stereocenters. The molecule has 0 aliphatic carbocycles. The normalized spacial score (nSPS) is 11.0. The molecule has 0 aliphatic heterocycles. The number of hydrogen-bond donors (Lipinski definition) is 1. The lowest BCUT2D eigenvalue weighted by molar-refractivity contribution is -0.0688. The first-order valence-electron chi connectivity index (χ1n) is 5.73. The quantitative estimate of drug-likeness (QED) is 0.636. The minimum Gasteiger partial charge on any atom is -0.398 e. The predicted octanol–water partition coefficient (Wildman–Crippen LogP) is 3.76. The number of alkyl halides is 3. The van der Waals surface area contributed by atoms with Gasteiger partial charge in [0.2, 0.25) is 0 Å². The molecule has 0 fully saturated rings. The summed E-state index contributed by atoms with van der Waals surface area (Å²) >= 11 is 0. The summed E-state index contributed by atoms with van der Waals surface area (Å²) in [6.45, 7) is 4.68. The highest BCUT2D eigenvalue weighted by molar-refractivity contribution is 5.99. The average Bonchev–Trinajstić information content (AvgIpc) is 2.37. The van der Waals surface area contributed by atoms with Crippen molar-refractivity contribution >= 4 is 22.0 Å². The molecule has 0 amide bonds. The van der Waals surface area contributed by atoms with Crippen molar-refractivity contribution in [3.63, 3.8) is 0 Å². The van der Waals surface area contributed by atoms with Crippen LogP contribution in [0.3, 0.4) is 0 Å². The Balaban J connectivity index is 2.83. The van der Waals surface area contributed by atoms with Gasteiger partial charge in [0.05, 0.1) is 11.3 Å². The summed E-state index contributed by atoms with van der Waals surface area (Å²) in [7, 11) is 0. The van der Waals surface area contributed by atoms with Gasteiger partial charge < -0.3 is 5.73 Å². The van der Waals surface area contributed by atoms with Crippen LogP contribution in [0.5, 0.6) is 0 Å². The third-order valence-electron chi connectivity index (χ3n) is 2.79. The molecule has 20 heavy (non-hydrogen) atoms. The van der Waals surface area contributed by atoms with Crippen molar-refractivity contribution in [2.45, 2.75) is 13.1 Å². The molecule has 0 saturated carbocycles. The molecule has 1 heterocycles. The van der Waals surface area contributed by atoms with Crippen LogP contribution in [-0.4, -0.2) is 11.2 Å². The van der Waals surface area contributed by atoms with Gasteiger partial charge in [0, 0.05) is 16.5 Å². The van der Waals surface area contributed by atoms with Gasteiger partial charge in [-0.3, -0.25) is 0 Å². The third kappa shape index (κ3) is 2.45. The highest BCUT2D eigenvalue weighted by Crippen LogP contribution is 2.36. The lowest BCUT2D eigenvalue weighted by Crippen LogP contribution is -2.12. The summed E-state index contributed by atoms with van der Waals surface area (Å²) < 4.78 is 38.6. The summed E-state index contributed by atoms with van der Waals surface area (Å²) in [5.41, 5.74) is 5.18. The van der Waals surface area contributed by atoms with E-state index < -0.39 is 11.7 Å². The van der Waals surface area contributed by atoms with Crippen LogP contribution in [-0.2, 0) is 0 Å². The zero-order valence-electron chi connectivity index (χ0n) is 10.7. The fourth-order valence-electron chi connectivity index (χ4n) is 1.86. The number of aromatic nitrogens is 1. The van der Waals surface area contributed by atoms with Crippen molar-refractivity contribution in [3.8, 4) is 11.8 Å². The second kappa shape index (κ2) is 4.89. The monoisotopic (exact) mass is 276 g/mol. The van der Waals surface area contributed by atoms with Crippen LogP contribution >= 0.6 is 0 Å². The molecule has 0 aliphatic rings. The average molecular weight is 276 g/mol. The van der Waals surface area contributed by atoms with E-state index in [1.165, 1.54) is 6.07 Å². The lowest BCUT2D eigenvalue weighted by atomic mass is 10.0. The Morgan fingerprint density at radius 2 is 2.00 bits per heavy atom. The number of nitrogen functional groups attached to an aromatic ring is 1. The minimum absolute atomic E-state index is 0.235. The lowest BCUT2D eigenvalue weighted by Gasteiger charge is -2.13. The Morgan fingerprint density at radius 1 is 1.30 bits per heavy atom. The maximum atomic E-state index is 12.9. The van der Waals surface area contributed by atoms with Gasteiger partial charge in [0.25, 0.3) is 0 Å². The van der Waals surface area contributed by atoms with Gasteiger partial charge in [0.1, 0.15) is 5.69 Å². The molecule has 2 aromatic rings. The SMILES string of the molecule is C=C(c1nc(C#CC)cc2c(N)cccc12)C(F)(F)F. The summed E-state index contributed by atoms with van der Waals surface area (Å²) in [4.78, 5) is 3.95. The number of nitrogens with zero attached hydrogens (tertiary/aromatic N) is 1. The molecule has 0 spiro atoms. The highest BCUT2D eigenvalue weighted by Gasteiger charge is 2.35. The number of hydrogen-bond acceptors (Lipinski definition) is 2. The van der Waals surface area contributed by atoms with E-state index in [0.29, 0.717) is 16.5 Å². The summed E-state index contributed by atoms with van der Waals surface area (Å²) in [6.07, 6.45) is -4.55. The van der Waals surface area contributed by atoms with E-state index in [2.05, 4.69) is 23.4 Å². The first kappa shape index (κ1) is 13.9. The van der Waals surface area contributed by atoms with Crippen molar-refractivity contribution in [2.24, 2.45) is 0 Å². The van der Waals surface area contributed by atoms with Gasteiger partial charge in [0.15, 0.2) is 0 Å². The summed E-state index contributed by atoms with van der Waals surface area (Å²) in [5, 5.41) is 0.801. The topological polar surface area (TPSA) is 38.9 Å². The van der Waals surface area contributed by atoms with Crippen molar-refractivity contribution in [2.75, 3.05) is 5.73 Å². The van der Waals surface area contributed by atoms with Crippen LogP contribution in [0.15, 0.2) is 30.8 Å².